The van der Waals surface area contributed by atoms with Crippen molar-refractivity contribution >= 4 is 33.4 Å². The molecule has 0 aliphatic rings. The lowest BCUT2D eigenvalue weighted by atomic mass is 10.2. The lowest BCUT2D eigenvalue weighted by Crippen LogP contribution is -2.00. The van der Waals surface area contributed by atoms with E-state index in [4.69, 9.17) is 9.97 Å². The number of nitrogens with zero attached hydrogens (tertiary/aromatic N) is 6. The molecule has 1 N–H and O–H groups in total. The number of hydrogen-bond donors (Lipinski definition) is 1. The first-order chi connectivity index (χ1) is 13.7. The molecule has 0 spiro atoms. The van der Waals surface area contributed by atoms with Crippen LogP contribution in [0.15, 0.2) is 60.7 Å². The largest absolute Gasteiger partial charge is 0.340 e. The first-order valence-corrected chi connectivity index (χ1v) is 8.95. The van der Waals surface area contributed by atoms with Gasteiger partial charge in [-0.3, -0.25) is 0 Å². The highest BCUT2D eigenvalue weighted by atomic mass is 15.4. The molecule has 0 unspecified atom stereocenters. The minimum atomic E-state index is 0.588. The molecule has 0 atom stereocenters. The van der Waals surface area contributed by atoms with Crippen LogP contribution in [-0.4, -0.2) is 29.9 Å². The predicted molar refractivity (Wildman–Crippen MR) is 109 cm³/mol. The monoisotopic (exact) mass is 367 g/mol. The predicted octanol–water partition coefficient (Wildman–Crippen LogP) is 4.03. The quantitative estimate of drug-likeness (QED) is 0.519. The lowest BCUT2D eigenvalue weighted by molar-refractivity contribution is 0.736. The lowest BCUT2D eigenvalue weighted by Gasteiger charge is -2.11. The van der Waals surface area contributed by atoms with E-state index in [1.165, 1.54) is 0 Å². The molecule has 0 saturated heterocycles. The fraction of sp³-hybridized carbons (Fsp3) is 0.0952. The minimum absolute atomic E-state index is 0.588. The summed E-state index contributed by atoms with van der Waals surface area (Å²) in [5, 5.41) is 12.6. The topological polar surface area (TPSA) is 81.4 Å². The molecule has 7 nitrogen and oxygen atoms in total. The summed E-state index contributed by atoms with van der Waals surface area (Å²) < 4.78 is 1.75. The first kappa shape index (κ1) is 16.3. The van der Waals surface area contributed by atoms with E-state index in [-0.39, 0.29) is 0 Å². The molecule has 0 amide bonds. The van der Waals surface area contributed by atoms with E-state index in [2.05, 4.69) is 20.6 Å². The van der Waals surface area contributed by atoms with Crippen molar-refractivity contribution < 1.29 is 0 Å². The molecule has 0 aliphatic carbocycles. The fourth-order valence-corrected chi connectivity index (χ4v) is 3.21. The molecule has 2 aromatic carbocycles. The summed E-state index contributed by atoms with van der Waals surface area (Å²) in [6.45, 7) is 1.96. The first-order valence-electron chi connectivity index (χ1n) is 8.95. The van der Waals surface area contributed by atoms with Gasteiger partial charge in [0.15, 0.2) is 5.82 Å². The van der Waals surface area contributed by atoms with Crippen molar-refractivity contribution in [2.24, 2.45) is 7.05 Å². The maximum Gasteiger partial charge on any atom is 0.180 e. The van der Waals surface area contributed by atoms with Gasteiger partial charge < -0.3 is 5.32 Å². The van der Waals surface area contributed by atoms with Crippen LogP contribution in [0.25, 0.3) is 33.5 Å². The molecule has 3 aromatic heterocycles. The van der Waals surface area contributed by atoms with Gasteiger partial charge in [0.2, 0.25) is 0 Å². The van der Waals surface area contributed by atoms with E-state index in [0.29, 0.717) is 5.82 Å². The Labute approximate surface area is 161 Å². The summed E-state index contributed by atoms with van der Waals surface area (Å²) in [6.07, 6.45) is 0. The summed E-state index contributed by atoms with van der Waals surface area (Å²) in [5.74, 6) is 1.32. The smallest absolute Gasteiger partial charge is 0.180 e. The third kappa shape index (κ3) is 2.83. The summed E-state index contributed by atoms with van der Waals surface area (Å²) >= 11 is 0. The van der Waals surface area contributed by atoms with Gasteiger partial charge >= 0.3 is 0 Å². The van der Waals surface area contributed by atoms with Crippen LogP contribution in [-0.2, 0) is 7.05 Å². The van der Waals surface area contributed by atoms with Crippen LogP contribution in [0.2, 0.25) is 0 Å². The van der Waals surface area contributed by atoms with Crippen LogP contribution in [0.1, 0.15) is 5.69 Å². The Morgan fingerprint density at radius 1 is 0.857 bits per heavy atom. The number of fused-ring (bicyclic) bond motifs is 2. The highest BCUT2D eigenvalue weighted by Crippen LogP contribution is 2.27. The molecule has 0 fully saturated rings. The number of benzene rings is 2. The van der Waals surface area contributed by atoms with Crippen LogP contribution in [0.3, 0.4) is 0 Å². The number of anilines is 2. The number of hydrogen-bond acceptors (Lipinski definition) is 6. The van der Waals surface area contributed by atoms with Gasteiger partial charge in [-0.25, -0.2) is 19.6 Å². The second-order valence-corrected chi connectivity index (χ2v) is 6.62. The second kappa shape index (κ2) is 6.38. The molecular formula is C21H17N7. The van der Waals surface area contributed by atoms with Crippen molar-refractivity contribution in [2.45, 2.75) is 6.92 Å². The molecule has 3 heterocycles. The molecule has 0 radical (unpaired) electrons. The van der Waals surface area contributed by atoms with Gasteiger partial charge in [-0.05, 0) is 49.4 Å². The maximum absolute atomic E-state index is 4.77. The number of nitrogens with one attached hydrogen (secondary N) is 1. The Bertz CT molecular complexity index is 1320. The van der Waals surface area contributed by atoms with Crippen LogP contribution in [0.5, 0.6) is 0 Å². The van der Waals surface area contributed by atoms with Gasteiger partial charge in [0.25, 0.3) is 0 Å². The third-order valence-corrected chi connectivity index (χ3v) is 4.59. The zero-order valence-corrected chi connectivity index (χ0v) is 15.5. The molecule has 0 saturated carbocycles. The van der Waals surface area contributed by atoms with Crippen molar-refractivity contribution in [3.05, 3.63) is 66.4 Å². The van der Waals surface area contributed by atoms with Gasteiger partial charge in [-0.15, -0.1) is 5.10 Å². The Morgan fingerprint density at radius 3 is 2.64 bits per heavy atom. The SMILES string of the molecule is Cc1cccc(-c2nc(Nc3ccc4c(c3)nnn4C)c3ccccc3n2)n1. The van der Waals surface area contributed by atoms with E-state index in [0.717, 1.165) is 44.8 Å². The van der Waals surface area contributed by atoms with Crippen LogP contribution < -0.4 is 5.32 Å². The second-order valence-electron chi connectivity index (χ2n) is 6.62. The highest BCUT2D eigenvalue weighted by molar-refractivity contribution is 5.92. The molecule has 5 rings (SSSR count). The van der Waals surface area contributed by atoms with Crippen LogP contribution in [0.4, 0.5) is 11.5 Å². The van der Waals surface area contributed by atoms with E-state index >= 15 is 0 Å². The molecule has 136 valence electrons. The van der Waals surface area contributed by atoms with E-state index in [1.807, 2.05) is 74.6 Å². The fourth-order valence-electron chi connectivity index (χ4n) is 3.21. The maximum atomic E-state index is 4.77. The van der Waals surface area contributed by atoms with Crippen molar-refractivity contribution in [2.75, 3.05) is 5.32 Å². The Kier molecular flexibility index (Phi) is 3.72. The Morgan fingerprint density at radius 2 is 1.75 bits per heavy atom. The van der Waals surface area contributed by atoms with E-state index in [1.54, 1.807) is 4.68 Å². The zero-order valence-electron chi connectivity index (χ0n) is 15.5. The molecular weight excluding hydrogens is 350 g/mol. The summed E-state index contributed by atoms with van der Waals surface area (Å²) in [5.41, 5.74) is 5.23. The standard InChI is InChI=1S/C21H17N7/c1-13-6-5-9-17(22-13)21-24-16-8-4-3-7-15(16)20(25-21)23-14-10-11-19-18(12-14)26-27-28(19)2/h3-12H,1-2H3,(H,23,24,25). The van der Waals surface area contributed by atoms with Gasteiger partial charge in [-0.1, -0.05) is 23.4 Å². The average Bonchev–Trinajstić information content (AvgIpc) is 3.08. The average molecular weight is 367 g/mol. The molecule has 0 aliphatic heterocycles. The summed E-state index contributed by atoms with van der Waals surface area (Å²) in [4.78, 5) is 14.0. The van der Waals surface area contributed by atoms with Crippen molar-refractivity contribution in [3.63, 3.8) is 0 Å². The number of aromatic nitrogens is 6. The van der Waals surface area contributed by atoms with Crippen LogP contribution in [0, 0.1) is 6.92 Å². The number of rotatable bonds is 3. The van der Waals surface area contributed by atoms with Gasteiger partial charge in [0.05, 0.1) is 11.0 Å². The number of aryl methyl sites for hydroxylation is 2. The highest BCUT2D eigenvalue weighted by Gasteiger charge is 2.11. The zero-order chi connectivity index (χ0) is 19.1. The van der Waals surface area contributed by atoms with Crippen molar-refractivity contribution in [1.29, 1.82) is 0 Å². The third-order valence-electron chi connectivity index (χ3n) is 4.59. The number of para-hydroxylation sites is 1. The van der Waals surface area contributed by atoms with Crippen LogP contribution >= 0.6 is 0 Å². The van der Waals surface area contributed by atoms with E-state index in [9.17, 15) is 0 Å². The normalized spacial score (nSPS) is 11.2. The molecule has 7 heteroatoms. The van der Waals surface area contributed by atoms with Gasteiger partial charge in [-0.2, -0.15) is 0 Å². The molecule has 5 aromatic rings. The van der Waals surface area contributed by atoms with E-state index < -0.39 is 0 Å². The summed E-state index contributed by atoms with van der Waals surface area (Å²) in [6, 6.07) is 19.7. The number of pyridine rings is 1. The molecule has 0 bridgehead atoms. The summed E-state index contributed by atoms with van der Waals surface area (Å²) in [7, 11) is 1.88. The van der Waals surface area contributed by atoms with Crippen molar-refractivity contribution in [3.8, 4) is 11.5 Å². The Balaban J connectivity index is 1.64. The van der Waals surface area contributed by atoms with Gasteiger partial charge in [0.1, 0.15) is 17.0 Å². The minimum Gasteiger partial charge on any atom is -0.340 e. The van der Waals surface area contributed by atoms with Crippen molar-refractivity contribution in [1.82, 2.24) is 29.9 Å². The molecule has 28 heavy (non-hydrogen) atoms. The Hall–Kier alpha value is -3.87. The van der Waals surface area contributed by atoms with Gasteiger partial charge in [0, 0.05) is 23.8 Å².